The van der Waals surface area contributed by atoms with Crippen molar-refractivity contribution < 1.29 is 0 Å². The highest BCUT2D eigenvalue weighted by atomic mass is 15.3. The maximum atomic E-state index is 4.29. The molecule has 3 rings (SSSR count). The summed E-state index contributed by atoms with van der Waals surface area (Å²) in [7, 11) is 2.05. The molecular weight excluding hydrogens is 226 g/mol. The molecule has 5 heteroatoms. The number of aromatic nitrogens is 3. The summed E-state index contributed by atoms with van der Waals surface area (Å²) >= 11 is 0. The highest BCUT2D eigenvalue weighted by Gasteiger charge is 2.49. The van der Waals surface area contributed by atoms with Crippen LogP contribution in [0.4, 0.5) is 0 Å². The number of nitrogens with zero attached hydrogens (tertiary/aromatic N) is 4. The molecule has 18 heavy (non-hydrogen) atoms. The van der Waals surface area contributed by atoms with Crippen LogP contribution in [0, 0.1) is 18.8 Å². The number of hydrogen-bond donors (Lipinski definition) is 1. The topological polar surface area (TPSA) is 46.0 Å². The van der Waals surface area contributed by atoms with Gasteiger partial charge in [0.25, 0.3) is 0 Å². The standard InChI is InChI=1S/C13H23N5/c1-9-15-16-12(17(9)4)8-18-7-10-5-14-6-11(10)13(18,2)3/h10-11,14H,5-8H2,1-4H3. The lowest BCUT2D eigenvalue weighted by Gasteiger charge is -2.35. The van der Waals surface area contributed by atoms with Crippen molar-refractivity contribution in [1.82, 2.24) is 25.0 Å². The first kappa shape index (κ1) is 12.1. The smallest absolute Gasteiger partial charge is 0.146 e. The quantitative estimate of drug-likeness (QED) is 0.831. The first-order chi connectivity index (χ1) is 8.50. The number of fused-ring (bicyclic) bond motifs is 1. The molecule has 0 saturated carbocycles. The van der Waals surface area contributed by atoms with E-state index in [0.717, 1.165) is 36.6 Å². The minimum atomic E-state index is 0.258. The molecule has 1 aromatic heterocycles. The summed E-state index contributed by atoms with van der Waals surface area (Å²) in [6, 6.07) is 0. The van der Waals surface area contributed by atoms with Crippen LogP contribution in [0.2, 0.25) is 0 Å². The van der Waals surface area contributed by atoms with E-state index >= 15 is 0 Å². The molecule has 1 N–H and O–H groups in total. The molecule has 2 aliphatic heterocycles. The average Bonchev–Trinajstić information content (AvgIpc) is 2.95. The summed E-state index contributed by atoms with van der Waals surface area (Å²) in [5, 5.41) is 12.0. The van der Waals surface area contributed by atoms with Crippen molar-refractivity contribution in [3.05, 3.63) is 11.6 Å². The molecule has 1 aromatic rings. The SMILES string of the molecule is Cc1nnc(CN2CC3CNCC3C2(C)C)n1C. The van der Waals surface area contributed by atoms with Crippen LogP contribution in [0.1, 0.15) is 25.5 Å². The molecule has 5 nitrogen and oxygen atoms in total. The summed E-state index contributed by atoms with van der Waals surface area (Å²) in [5.41, 5.74) is 0.258. The fourth-order valence-electron chi connectivity index (χ4n) is 3.53. The molecule has 0 aromatic carbocycles. The minimum Gasteiger partial charge on any atom is -0.317 e. The highest BCUT2D eigenvalue weighted by Crippen LogP contribution is 2.41. The highest BCUT2D eigenvalue weighted by molar-refractivity contribution is 5.06. The average molecular weight is 249 g/mol. The molecule has 3 heterocycles. The maximum absolute atomic E-state index is 4.29. The van der Waals surface area contributed by atoms with E-state index < -0.39 is 0 Å². The van der Waals surface area contributed by atoms with Crippen LogP contribution >= 0.6 is 0 Å². The fourth-order valence-corrected chi connectivity index (χ4v) is 3.53. The lowest BCUT2D eigenvalue weighted by molar-refractivity contribution is 0.127. The van der Waals surface area contributed by atoms with E-state index in [2.05, 4.69) is 45.9 Å². The van der Waals surface area contributed by atoms with E-state index in [9.17, 15) is 0 Å². The summed E-state index contributed by atoms with van der Waals surface area (Å²) in [6.07, 6.45) is 0. The zero-order valence-electron chi connectivity index (χ0n) is 11.8. The van der Waals surface area contributed by atoms with Crippen molar-refractivity contribution in [2.75, 3.05) is 19.6 Å². The van der Waals surface area contributed by atoms with Gasteiger partial charge in [0, 0.05) is 25.7 Å². The van der Waals surface area contributed by atoms with Crippen LogP contribution in [0.25, 0.3) is 0 Å². The third-order valence-corrected chi connectivity index (χ3v) is 5.03. The van der Waals surface area contributed by atoms with Gasteiger partial charge in [-0.3, -0.25) is 4.90 Å². The first-order valence-corrected chi connectivity index (χ1v) is 6.81. The predicted molar refractivity (Wildman–Crippen MR) is 70.1 cm³/mol. The second kappa shape index (κ2) is 4.03. The summed E-state index contributed by atoms with van der Waals surface area (Å²) in [4.78, 5) is 2.58. The van der Waals surface area contributed by atoms with Gasteiger partial charge in [-0.2, -0.15) is 0 Å². The molecule has 2 atom stereocenters. The van der Waals surface area contributed by atoms with Crippen molar-refractivity contribution in [3.8, 4) is 0 Å². The van der Waals surface area contributed by atoms with E-state index in [4.69, 9.17) is 0 Å². The van der Waals surface area contributed by atoms with Crippen molar-refractivity contribution in [2.24, 2.45) is 18.9 Å². The second-order valence-corrected chi connectivity index (χ2v) is 6.28. The first-order valence-electron chi connectivity index (χ1n) is 6.81. The summed E-state index contributed by atoms with van der Waals surface area (Å²) in [5.74, 6) is 3.64. The third kappa shape index (κ3) is 1.68. The lowest BCUT2D eigenvalue weighted by atomic mass is 9.85. The van der Waals surface area contributed by atoms with E-state index in [1.807, 2.05) is 6.92 Å². The Bertz CT molecular complexity index is 450. The monoisotopic (exact) mass is 249 g/mol. The van der Waals surface area contributed by atoms with Gasteiger partial charge < -0.3 is 9.88 Å². The summed E-state index contributed by atoms with van der Waals surface area (Å²) < 4.78 is 2.10. The minimum absolute atomic E-state index is 0.258. The van der Waals surface area contributed by atoms with Crippen molar-refractivity contribution in [3.63, 3.8) is 0 Å². The Labute approximate surface area is 109 Å². The Morgan fingerprint density at radius 3 is 2.72 bits per heavy atom. The van der Waals surface area contributed by atoms with Crippen molar-refractivity contribution in [1.29, 1.82) is 0 Å². The van der Waals surface area contributed by atoms with Gasteiger partial charge in [0.15, 0.2) is 0 Å². The number of hydrogen-bond acceptors (Lipinski definition) is 4. The molecule has 0 aliphatic carbocycles. The van der Waals surface area contributed by atoms with Crippen molar-refractivity contribution in [2.45, 2.75) is 32.9 Å². The van der Waals surface area contributed by atoms with Gasteiger partial charge >= 0.3 is 0 Å². The Balaban J connectivity index is 1.80. The number of aryl methyl sites for hydroxylation is 1. The molecular formula is C13H23N5. The van der Waals surface area contributed by atoms with Crippen LogP contribution in [-0.4, -0.2) is 44.8 Å². The molecule has 0 radical (unpaired) electrons. The molecule has 2 aliphatic rings. The van der Waals surface area contributed by atoms with Gasteiger partial charge in [0.05, 0.1) is 6.54 Å². The number of likely N-dealkylation sites (tertiary alicyclic amines) is 1. The van der Waals surface area contributed by atoms with E-state index in [1.165, 1.54) is 13.1 Å². The summed E-state index contributed by atoms with van der Waals surface area (Å²) in [6.45, 7) is 11.2. The fraction of sp³-hybridized carbons (Fsp3) is 0.846. The molecule has 2 unspecified atom stereocenters. The van der Waals surface area contributed by atoms with Gasteiger partial charge in [0.1, 0.15) is 11.6 Å². The van der Waals surface area contributed by atoms with Gasteiger partial charge in [0.2, 0.25) is 0 Å². The molecule has 0 amide bonds. The molecule has 2 fully saturated rings. The van der Waals surface area contributed by atoms with Crippen LogP contribution in [0.5, 0.6) is 0 Å². The Hall–Kier alpha value is -0.940. The predicted octanol–water partition coefficient (Wildman–Crippen LogP) is 0.553. The van der Waals surface area contributed by atoms with Crippen LogP contribution in [0.15, 0.2) is 0 Å². The van der Waals surface area contributed by atoms with Gasteiger partial charge in [-0.1, -0.05) is 0 Å². The maximum Gasteiger partial charge on any atom is 0.146 e. The van der Waals surface area contributed by atoms with Gasteiger partial charge in [-0.15, -0.1) is 10.2 Å². The van der Waals surface area contributed by atoms with Gasteiger partial charge in [-0.05, 0) is 39.2 Å². The second-order valence-electron chi connectivity index (χ2n) is 6.28. The molecule has 0 bridgehead atoms. The number of nitrogens with one attached hydrogen (secondary N) is 1. The van der Waals surface area contributed by atoms with Crippen molar-refractivity contribution >= 4 is 0 Å². The Morgan fingerprint density at radius 1 is 1.33 bits per heavy atom. The normalized spacial score (nSPS) is 30.9. The Kier molecular flexibility index (Phi) is 2.71. The zero-order chi connectivity index (χ0) is 12.9. The molecule has 2 saturated heterocycles. The molecule has 0 spiro atoms. The van der Waals surface area contributed by atoms with Crippen LogP contribution < -0.4 is 5.32 Å². The van der Waals surface area contributed by atoms with E-state index in [0.29, 0.717) is 0 Å². The van der Waals surface area contributed by atoms with Crippen LogP contribution in [-0.2, 0) is 13.6 Å². The number of rotatable bonds is 2. The van der Waals surface area contributed by atoms with E-state index in [-0.39, 0.29) is 5.54 Å². The largest absolute Gasteiger partial charge is 0.317 e. The van der Waals surface area contributed by atoms with Crippen LogP contribution in [0.3, 0.4) is 0 Å². The Morgan fingerprint density at radius 2 is 2.11 bits per heavy atom. The zero-order valence-corrected chi connectivity index (χ0v) is 11.8. The molecule has 100 valence electrons. The van der Waals surface area contributed by atoms with Gasteiger partial charge in [-0.25, -0.2) is 0 Å². The third-order valence-electron chi connectivity index (χ3n) is 5.03. The van der Waals surface area contributed by atoms with E-state index in [1.54, 1.807) is 0 Å². The lowest BCUT2D eigenvalue weighted by Crippen LogP contribution is -2.44.